The number of para-hydroxylation sites is 3. The fourth-order valence-electron chi connectivity index (χ4n) is 6.95. The van der Waals surface area contributed by atoms with Crippen LogP contribution in [0.15, 0.2) is 164 Å². The van der Waals surface area contributed by atoms with Gasteiger partial charge in [0.2, 0.25) is 0 Å². The maximum absolute atomic E-state index is 5.22. The molecule has 0 saturated heterocycles. The Hall–Kier alpha value is -6.52. The van der Waals surface area contributed by atoms with E-state index in [1.165, 1.54) is 21.5 Å². The number of aromatic nitrogens is 3. The molecule has 0 spiro atoms. The molecule has 0 atom stereocenters. The quantitative estimate of drug-likeness (QED) is 0.203. The van der Waals surface area contributed by atoms with Crippen LogP contribution in [0.1, 0.15) is 5.56 Å². The van der Waals surface area contributed by atoms with Gasteiger partial charge in [-0.25, -0.2) is 9.97 Å². The lowest BCUT2D eigenvalue weighted by molar-refractivity contribution is 1.17. The number of anilines is 2. The van der Waals surface area contributed by atoms with E-state index in [0.717, 1.165) is 61.4 Å². The summed E-state index contributed by atoms with van der Waals surface area (Å²) in [6.45, 7) is 4.25. The van der Waals surface area contributed by atoms with E-state index in [4.69, 9.17) is 9.97 Å². The molecule has 0 radical (unpaired) electrons. The monoisotopic (exact) mass is 614 g/mol. The number of fused-ring (bicyclic) bond motifs is 5. The van der Waals surface area contributed by atoms with Crippen molar-refractivity contribution >= 4 is 60.9 Å². The first kappa shape index (κ1) is 27.8. The molecule has 1 N–H and O–H groups in total. The van der Waals surface area contributed by atoms with Crippen molar-refractivity contribution in [1.29, 1.82) is 0 Å². The van der Waals surface area contributed by atoms with E-state index in [1.807, 2.05) is 30.3 Å². The summed E-state index contributed by atoms with van der Waals surface area (Å²) in [5.74, 6) is 0.700. The van der Waals surface area contributed by atoms with Crippen molar-refractivity contribution in [3.05, 3.63) is 170 Å². The van der Waals surface area contributed by atoms with Crippen LogP contribution < -0.4 is 5.32 Å². The number of benzene rings is 7. The number of nitrogens with zero attached hydrogens (tertiary/aromatic N) is 3. The summed E-state index contributed by atoms with van der Waals surface area (Å²) in [7, 11) is 0. The molecule has 9 rings (SSSR count). The Morgan fingerprint density at radius 1 is 0.562 bits per heavy atom. The molecule has 0 aliphatic carbocycles. The van der Waals surface area contributed by atoms with Crippen LogP contribution >= 0.6 is 0 Å². The Balaban J connectivity index is 1.20. The van der Waals surface area contributed by atoms with Gasteiger partial charge in [0.05, 0.1) is 22.2 Å². The van der Waals surface area contributed by atoms with Crippen LogP contribution in [-0.4, -0.2) is 14.5 Å². The van der Waals surface area contributed by atoms with Crippen LogP contribution in [0.5, 0.6) is 0 Å². The van der Waals surface area contributed by atoms with Gasteiger partial charge in [-0.3, -0.25) is 0 Å². The third kappa shape index (κ3) is 4.54. The molecule has 0 amide bonds. The topological polar surface area (TPSA) is 42.7 Å². The summed E-state index contributed by atoms with van der Waals surface area (Å²) in [5, 5.41) is 9.40. The SMILES string of the molecule is C=Cc1c(Nc2ccccc2)ccc2c3ccccc3n(-c3ccc(-c4nc(-c5cccc6ccccc56)c5ccccc5n4)cc3)c12. The van der Waals surface area contributed by atoms with Crippen LogP contribution in [0.3, 0.4) is 0 Å². The summed E-state index contributed by atoms with van der Waals surface area (Å²) < 4.78 is 2.34. The fraction of sp³-hybridized carbons (Fsp3) is 0. The fourth-order valence-corrected chi connectivity index (χ4v) is 6.95. The normalized spacial score (nSPS) is 11.4. The molecular formula is C44H30N4. The first-order chi connectivity index (χ1) is 23.8. The number of hydrogen-bond donors (Lipinski definition) is 1. The van der Waals surface area contributed by atoms with Gasteiger partial charge < -0.3 is 9.88 Å². The maximum atomic E-state index is 5.22. The summed E-state index contributed by atoms with van der Waals surface area (Å²) in [4.78, 5) is 10.3. The highest BCUT2D eigenvalue weighted by molar-refractivity contribution is 6.13. The van der Waals surface area contributed by atoms with Gasteiger partial charge in [0.25, 0.3) is 0 Å². The van der Waals surface area contributed by atoms with Crippen LogP contribution in [0.2, 0.25) is 0 Å². The van der Waals surface area contributed by atoms with Crippen molar-refractivity contribution in [1.82, 2.24) is 14.5 Å². The first-order valence-electron chi connectivity index (χ1n) is 16.1. The first-order valence-corrected chi connectivity index (χ1v) is 16.1. The van der Waals surface area contributed by atoms with E-state index in [-0.39, 0.29) is 0 Å². The number of nitrogens with one attached hydrogen (secondary N) is 1. The molecule has 9 aromatic rings. The van der Waals surface area contributed by atoms with E-state index < -0.39 is 0 Å². The molecule has 0 aliphatic rings. The van der Waals surface area contributed by atoms with E-state index in [2.05, 4.69) is 150 Å². The van der Waals surface area contributed by atoms with Gasteiger partial charge >= 0.3 is 0 Å². The largest absolute Gasteiger partial charge is 0.355 e. The van der Waals surface area contributed by atoms with Crippen LogP contribution in [-0.2, 0) is 0 Å². The molecule has 0 unspecified atom stereocenters. The summed E-state index contributed by atoms with van der Waals surface area (Å²) >= 11 is 0. The lowest BCUT2D eigenvalue weighted by Crippen LogP contribution is -1.99. The third-order valence-electron chi connectivity index (χ3n) is 9.16. The minimum Gasteiger partial charge on any atom is -0.355 e. The minimum absolute atomic E-state index is 0.700. The second kappa shape index (κ2) is 11.4. The molecule has 0 aliphatic heterocycles. The Morgan fingerprint density at radius 2 is 1.27 bits per heavy atom. The molecule has 7 aromatic carbocycles. The molecule has 226 valence electrons. The van der Waals surface area contributed by atoms with Gasteiger partial charge in [0, 0.05) is 49.9 Å². The molecule has 0 fully saturated rings. The molecule has 0 bridgehead atoms. The molecule has 4 heteroatoms. The molecule has 48 heavy (non-hydrogen) atoms. The summed E-state index contributed by atoms with van der Waals surface area (Å²) in [5.41, 5.74) is 10.3. The van der Waals surface area contributed by atoms with Crippen molar-refractivity contribution in [3.8, 4) is 28.3 Å². The highest BCUT2D eigenvalue weighted by atomic mass is 15.0. The number of rotatable bonds is 6. The summed E-state index contributed by atoms with van der Waals surface area (Å²) in [6.07, 6.45) is 1.95. The van der Waals surface area contributed by atoms with Crippen molar-refractivity contribution in [2.45, 2.75) is 0 Å². The van der Waals surface area contributed by atoms with Gasteiger partial charge in [-0.2, -0.15) is 0 Å². The van der Waals surface area contributed by atoms with E-state index >= 15 is 0 Å². The van der Waals surface area contributed by atoms with E-state index in [9.17, 15) is 0 Å². The lowest BCUT2D eigenvalue weighted by Gasteiger charge is -2.15. The van der Waals surface area contributed by atoms with E-state index in [0.29, 0.717) is 5.82 Å². The van der Waals surface area contributed by atoms with Gasteiger partial charge in [-0.05, 0) is 65.4 Å². The molecule has 0 saturated carbocycles. The minimum atomic E-state index is 0.700. The average Bonchev–Trinajstić information content (AvgIpc) is 3.49. The van der Waals surface area contributed by atoms with Crippen LogP contribution in [0.25, 0.3) is 77.9 Å². The Kier molecular flexibility index (Phi) is 6.58. The molecule has 4 nitrogen and oxygen atoms in total. The van der Waals surface area contributed by atoms with Crippen LogP contribution in [0, 0.1) is 0 Å². The van der Waals surface area contributed by atoms with Gasteiger partial charge in [0.15, 0.2) is 5.82 Å². The van der Waals surface area contributed by atoms with Gasteiger partial charge in [-0.1, -0.05) is 116 Å². The Bertz CT molecular complexity index is 2650. The van der Waals surface area contributed by atoms with Crippen molar-refractivity contribution in [2.24, 2.45) is 0 Å². The Labute approximate surface area is 278 Å². The Morgan fingerprint density at radius 3 is 2.10 bits per heavy atom. The zero-order valence-corrected chi connectivity index (χ0v) is 26.1. The van der Waals surface area contributed by atoms with E-state index in [1.54, 1.807) is 0 Å². The standard InChI is InChI=1S/C44H30N4/c1-2-33-40(45-31-15-4-3-5-16-31)28-27-37-35-18-9-11-22-41(35)48(43(33)37)32-25-23-30(24-26-32)44-46-39-21-10-8-19-38(39)42(47-44)36-20-12-14-29-13-6-7-17-34(29)36/h2-28,45H,1H2. The highest BCUT2D eigenvalue weighted by Gasteiger charge is 2.18. The predicted octanol–water partition coefficient (Wildman–Crippen LogP) is 11.6. The average molecular weight is 615 g/mol. The van der Waals surface area contributed by atoms with Crippen molar-refractivity contribution in [3.63, 3.8) is 0 Å². The predicted molar refractivity (Wildman–Crippen MR) is 202 cm³/mol. The second-order valence-corrected chi connectivity index (χ2v) is 12.0. The maximum Gasteiger partial charge on any atom is 0.160 e. The second-order valence-electron chi connectivity index (χ2n) is 12.0. The smallest absolute Gasteiger partial charge is 0.160 e. The van der Waals surface area contributed by atoms with Crippen LogP contribution in [0.4, 0.5) is 11.4 Å². The van der Waals surface area contributed by atoms with Gasteiger partial charge in [0.1, 0.15) is 0 Å². The molecule has 2 heterocycles. The zero-order chi connectivity index (χ0) is 32.0. The molecule has 2 aromatic heterocycles. The highest BCUT2D eigenvalue weighted by Crippen LogP contribution is 2.39. The third-order valence-corrected chi connectivity index (χ3v) is 9.16. The lowest BCUT2D eigenvalue weighted by atomic mass is 9.99. The van der Waals surface area contributed by atoms with Gasteiger partial charge in [-0.15, -0.1) is 0 Å². The molecular weight excluding hydrogens is 585 g/mol. The zero-order valence-electron chi connectivity index (χ0n) is 26.1. The van der Waals surface area contributed by atoms with Crippen molar-refractivity contribution < 1.29 is 0 Å². The summed E-state index contributed by atoms with van der Waals surface area (Å²) in [6, 6.07) is 54.9. The number of hydrogen-bond acceptors (Lipinski definition) is 3. The van der Waals surface area contributed by atoms with Crippen molar-refractivity contribution in [2.75, 3.05) is 5.32 Å².